The standard InChI is InChI=1S/C30H29Cl2N3O5S/c31-27-20(7-9-26(36)34-14-16-35(17-15-34)29(37)24-5-2-18-40-24)6-8-25(28(27)32)41-23-4-1-3-22(19-23)33-12-10-21(11-13-33)30(38)39/h1-9,18-19,21H,10-17H2,(H,38,39). The molecule has 2 saturated heterocycles. The number of hydrogen-bond acceptors (Lipinski definition) is 6. The minimum Gasteiger partial charge on any atom is -0.481 e. The van der Waals surface area contributed by atoms with Gasteiger partial charge >= 0.3 is 5.97 Å². The molecule has 11 heteroatoms. The summed E-state index contributed by atoms with van der Waals surface area (Å²) in [7, 11) is 0. The zero-order valence-electron chi connectivity index (χ0n) is 22.2. The molecule has 2 fully saturated rings. The number of nitrogens with zero attached hydrogens (tertiary/aromatic N) is 3. The number of carbonyl (C=O) groups excluding carboxylic acids is 2. The Morgan fingerprint density at radius 3 is 2.32 bits per heavy atom. The largest absolute Gasteiger partial charge is 0.481 e. The number of carboxylic acid groups (broad SMARTS) is 1. The van der Waals surface area contributed by atoms with Crippen LogP contribution in [0.2, 0.25) is 10.0 Å². The van der Waals surface area contributed by atoms with Crippen LogP contribution in [0.25, 0.3) is 6.08 Å². The van der Waals surface area contributed by atoms with Crippen molar-refractivity contribution in [1.82, 2.24) is 9.80 Å². The predicted molar refractivity (Wildman–Crippen MR) is 160 cm³/mol. The Morgan fingerprint density at radius 1 is 0.902 bits per heavy atom. The third kappa shape index (κ3) is 6.92. The smallest absolute Gasteiger partial charge is 0.306 e. The number of carbonyl (C=O) groups is 3. The van der Waals surface area contributed by atoms with E-state index in [0.717, 1.165) is 15.5 Å². The van der Waals surface area contributed by atoms with Gasteiger partial charge in [0.1, 0.15) is 0 Å². The first-order chi connectivity index (χ1) is 19.8. The van der Waals surface area contributed by atoms with E-state index in [2.05, 4.69) is 11.0 Å². The van der Waals surface area contributed by atoms with Crippen molar-refractivity contribution >= 4 is 64.5 Å². The Kier molecular flexibility index (Phi) is 9.27. The molecule has 8 nitrogen and oxygen atoms in total. The lowest BCUT2D eigenvalue weighted by Crippen LogP contribution is -2.50. The number of carboxylic acids is 1. The third-order valence-corrected chi connectivity index (χ3v) is 9.41. The molecule has 0 spiro atoms. The zero-order chi connectivity index (χ0) is 28.9. The molecule has 1 N–H and O–H groups in total. The van der Waals surface area contributed by atoms with Crippen LogP contribution in [0.15, 0.2) is 75.1 Å². The highest BCUT2D eigenvalue weighted by molar-refractivity contribution is 7.99. The SMILES string of the molecule is O=C(O)C1CCN(c2cccc(Sc3ccc(C=CC(=O)N4CCN(C(=O)c5ccco5)CC4)c(Cl)c3Cl)c2)CC1. The Labute approximate surface area is 252 Å². The summed E-state index contributed by atoms with van der Waals surface area (Å²) >= 11 is 14.7. The van der Waals surface area contributed by atoms with Gasteiger partial charge in [0, 0.05) is 60.8 Å². The molecule has 5 rings (SSSR count). The number of anilines is 1. The summed E-state index contributed by atoms with van der Waals surface area (Å²) in [6, 6.07) is 15.1. The maximum atomic E-state index is 12.8. The molecule has 2 amide bonds. The average Bonchev–Trinajstić information content (AvgIpc) is 3.54. The van der Waals surface area contributed by atoms with Crippen LogP contribution in [0.4, 0.5) is 5.69 Å². The van der Waals surface area contributed by atoms with E-state index in [-0.39, 0.29) is 17.7 Å². The van der Waals surface area contributed by atoms with Gasteiger partial charge in [-0.2, -0.15) is 0 Å². The van der Waals surface area contributed by atoms with Gasteiger partial charge in [0.15, 0.2) is 5.76 Å². The van der Waals surface area contributed by atoms with Crippen molar-refractivity contribution in [2.24, 2.45) is 5.92 Å². The molecule has 1 aromatic heterocycles. The van der Waals surface area contributed by atoms with Crippen molar-refractivity contribution in [2.75, 3.05) is 44.2 Å². The van der Waals surface area contributed by atoms with Crippen LogP contribution in [0.1, 0.15) is 29.0 Å². The van der Waals surface area contributed by atoms with Gasteiger partial charge in [0.25, 0.3) is 5.91 Å². The van der Waals surface area contributed by atoms with E-state index in [1.165, 1.54) is 24.1 Å². The number of benzene rings is 2. The summed E-state index contributed by atoms with van der Waals surface area (Å²) < 4.78 is 5.19. The number of piperidine rings is 1. The number of hydrogen-bond donors (Lipinski definition) is 1. The second kappa shape index (κ2) is 13.1. The van der Waals surface area contributed by atoms with Gasteiger partial charge in [-0.05, 0) is 60.9 Å². The molecule has 0 radical (unpaired) electrons. The zero-order valence-corrected chi connectivity index (χ0v) is 24.5. The van der Waals surface area contributed by atoms with Crippen molar-refractivity contribution in [3.8, 4) is 0 Å². The van der Waals surface area contributed by atoms with Crippen molar-refractivity contribution in [2.45, 2.75) is 22.6 Å². The Hall–Kier alpha value is -3.40. The summed E-state index contributed by atoms with van der Waals surface area (Å²) in [6.45, 7) is 3.12. The molecule has 2 aromatic carbocycles. The van der Waals surface area contributed by atoms with Gasteiger partial charge < -0.3 is 24.2 Å². The van der Waals surface area contributed by atoms with E-state index in [1.807, 2.05) is 30.3 Å². The monoisotopic (exact) mass is 613 g/mol. The highest BCUT2D eigenvalue weighted by Crippen LogP contribution is 2.40. The Bertz CT molecular complexity index is 1450. The topological polar surface area (TPSA) is 94.3 Å². The molecule has 2 aliphatic heterocycles. The summed E-state index contributed by atoms with van der Waals surface area (Å²) in [6.07, 6.45) is 5.87. The molecular weight excluding hydrogens is 585 g/mol. The molecule has 0 aliphatic carbocycles. The molecule has 3 aromatic rings. The van der Waals surface area contributed by atoms with E-state index in [1.54, 1.807) is 28.0 Å². The lowest BCUT2D eigenvalue weighted by Gasteiger charge is -2.33. The normalized spacial score (nSPS) is 16.4. The highest BCUT2D eigenvalue weighted by atomic mass is 35.5. The summed E-state index contributed by atoms with van der Waals surface area (Å²) in [5, 5.41) is 10.0. The van der Waals surface area contributed by atoms with E-state index >= 15 is 0 Å². The maximum Gasteiger partial charge on any atom is 0.306 e. The van der Waals surface area contributed by atoms with E-state index in [9.17, 15) is 19.5 Å². The average molecular weight is 615 g/mol. The van der Waals surface area contributed by atoms with Crippen molar-refractivity contribution in [3.63, 3.8) is 0 Å². The number of amides is 2. The first-order valence-electron chi connectivity index (χ1n) is 13.3. The number of piperazine rings is 1. The quantitative estimate of drug-likeness (QED) is 0.325. The van der Waals surface area contributed by atoms with Crippen LogP contribution in [-0.4, -0.2) is 72.0 Å². The van der Waals surface area contributed by atoms with E-state index < -0.39 is 5.97 Å². The molecule has 0 atom stereocenters. The second-order valence-corrected chi connectivity index (χ2v) is 11.8. The lowest BCUT2D eigenvalue weighted by atomic mass is 9.97. The summed E-state index contributed by atoms with van der Waals surface area (Å²) in [4.78, 5) is 43.9. The van der Waals surface area contributed by atoms with Gasteiger partial charge in [0.05, 0.1) is 22.2 Å². The Morgan fingerprint density at radius 2 is 1.63 bits per heavy atom. The molecule has 214 valence electrons. The minimum absolute atomic E-state index is 0.162. The van der Waals surface area contributed by atoms with Gasteiger partial charge in [-0.3, -0.25) is 14.4 Å². The Balaban J connectivity index is 1.18. The van der Waals surface area contributed by atoms with Gasteiger partial charge in [0.2, 0.25) is 5.91 Å². The molecule has 0 unspecified atom stereocenters. The van der Waals surface area contributed by atoms with E-state index in [4.69, 9.17) is 27.6 Å². The molecule has 3 heterocycles. The maximum absolute atomic E-state index is 12.8. The van der Waals surface area contributed by atoms with Crippen LogP contribution in [-0.2, 0) is 9.59 Å². The fraction of sp³-hybridized carbons (Fsp3) is 0.300. The number of aliphatic carboxylic acids is 1. The van der Waals surface area contributed by atoms with Gasteiger partial charge in [-0.15, -0.1) is 0 Å². The molecule has 0 saturated carbocycles. The fourth-order valence-electron chi connectivity index (χ4n) is 4.96. The third-order valence-electron chi connectivity index (χ3n) is 7.35. The molecule has 2 aliphatic rings. The fourth-order valence-corrected chi connectivity index (χ4v) is 6.44. The number of halogens is 2. The molecular formula is C30H29Cl2N3O5S. The van der Waals surface area contributed by atoms with Crippen LogP contribution in [0.5, 0.6) is 0 Å². The summed E-state index contributed by atoms with van der Waals surface area (Å²) in [5.74, 6) is -1.04. The first-order valence-corrected chi connectivity index (χ1v) is 14.9. The van der Waals surface area contributed by atoms with Crippen molar-refractivity contribution < 1.29 is 23.9 Å². The minimum atomic E-state index is -0.722. The lowest BCUT2D eigenvalue weighted by molar-refractivity contribution is -0.142. The van der Waals surface area contributed by atoms with Crippen LogP contribution in [0.3, 0.4) is 0 Å². The predicted octanol–water partition coefficient (Wildman–Crippen LogP) is 6.04. The van der Waals surface area contributed by atoms with Crippen molar-refractivity contribution in [3.05, 3.63) is 82.2 Å². The second-order valence-electron chi connectivity index (χ2n) is 9.91. The highest BCUT2D eigenvalue weighted by Gasteiger charge is 2.26. The van der Waals surface area contributed by atoms with Crippen molar-refractivity contribution in [1.29, 1.82) is 0 Å². The molecule has 0 bridgehead atoms. The van der Waals surface area contributed by atoms with E-state index in [0.29, 0.717) is 73.5 Å². The van der Waals surface area contributed by atoms with Crippen LogP contribution in [0, 0.1) is 5.92 Å². The van der Waals surface area contributed by atoms with Crippen LogP contribution < -0.4 is 4.90 Å². The van der Waals surface area contributed by atoms with Crippen LogP contribution >= 0.6 is 35.0 Å². The number of rotatable bonds is 7. The number of furan rings is 1. The van der Waals surface area contributed by atoms with Gasteiger partial charge in [-0.25, -0.2) is 0 Å². The first kappa shape index (κ1) is 29.1. The van der Waals surface area contributed by atoms with Gasteiger partial charge in [-0.1, -0.05) is 47.1 Å². The molecule has 41 heavy (non-hydrogen) atoms. The summed E-state index contributed by atoms with van der Waals surface area (Å²) in [5.41, 5.74) is 1.68.